The number of rotatable bonds is 7. The third-order valence-corrected chi connectivity index (χ3v) is 7.23. The van der Waals surface area contributed by atoms with Crippen molar-refractivity contribution in [2.24, 2.45) is 0 Å². The number of nitrogens with one attached hydrogen (secondary N) is 1. The summed E-state index contributed by atoms with van der Waals surface area (Å²) >= 11 is 0. The van der Waals surface area contributed by atoms with E-state index in [9.17, 15) is 13.2 Å². The Bertz CT molecular complexity index is 1280. The van der Waals surface area contributed by atoms with Gasteiger partial charge in [-0.1, -0.05) is 5.10 Å². The third-order valence-electron chi connectivity index (χ3n) is 5.38. The lowest BCUT2D eigenvalue weighted by Gasteiger charge is -2.34. The Morgan fingerprint density at radius 1 is 1.00 bits per heavy atom. The highest BCUT2D eigenvalue weighted by atomic mass is 32.2. The van der Waals surface area contributed by atoms with Crippen LogP contribution in [0.25, 0.3) is 11.5 Å². The summed E-state index contributed by atoms with van der Waals surface area (Å²) in [6.07, 6.45) is -0.396. The Morgan fingerprint density at radius 3 is 2.17 bits per heavy atom. The molecule has 2 atom stereocenters. The number of ether oxygens (including phenoxy) is 3. The van der Waals surface area contributed by atoms with Crippen molar-refractivity contribution in [2.45, 2.75) is 31.0 Å². The minimum atomic E-state index is -3.71. The summed E-state index contributed by atoms with van der Waals surface area (Å²) in [5, 5.41) is 10.3. The van der Waals surface area contributed by atoms with E-state index in [1.165, 1.54) is 42.8 Å². The molecule has 11 nitrogen and oxygen atoms in total. The van der Waals surface area contributed by atoms with Gasteiger partial charge in [0, 0.05) is 30.3 Å². The highest BCUT2D eigenvalue weighted by Crippen LogP contribution is 2.30. The van der Waals surface area contributed by atoms with E-state index < -0.39 is 15.9 Å². The van der Waals surface area contributed by atoms with Crippen molar-refractivity contribution in [2.75, 3.05) is 32.6 Å². The maximum atomic E-state index is 13.0. The van der Waals surface area contributed by atoms with Crippen LogP contribution in [0.3, 0.4) is 0 Å². The predicted octanol–water partition coefficient (Wildman–Crippen LogP) is 2.80. The van der Waals surface area contributed by atoms with Gasteiger partial charge in [-0.25, -0.2) is 8.42 Å². The second kappa shape index (κ2) is 10.0. The normalized spacial score (nSPS) is 18.7. The lowest BCUT2D eigenvalue weighted by Crippen LogP contribution is -2.48. The van der Waals surface area contributed by atoms with Gasteiger partial charge in [0.15, 0.2) is 0 Å². The molecule has 0 saturated carbocycles. The number of amides is 1. The van der Waals surface area contributed by atoms with Gasteiger partial charge in [-0.3, -0.25) is 10.1 Å². The minimum Gasteiger partial charge on any atom is -0.497 e. The van der Waals surface area contributed by atoms with Crippen LogP contribution in [0, 0.1) is 0 Å². The number of carbonyl (C=O) groups is 1. The number of anilines is 1. The molecule has 0 radical (unpaired) electrons. The minimum absolute atomic E-state index is 0.0994. The van der Waals surface area contributed by atoms with Crippen molar-refractivity contribution in [1.82, 2.24) is 14.5 Å². The summed E-state index contributed by atoms with van der Waals surface area (Å²) < 4.78 is 49.0. The second-order valence-corrected chi connectivity index (χ2v) is 10.0. The van der Waals surface area contributed by atoms with Crippen LogP contribution in [-0.4, -0.2) is 68.3 Å². The third kappa shape index (κ3) is 5.45. The van der Waals surface area contributed by atoms with Crippen molar-refractivity contribution >= 4 is 21.9 Å². The van der Waals surface area contributed by atoms with Crippen LogP contribution in [0.15, 0.2) is 51.8 Å². The van der Waals surface area contributed by atoms with E-state index in [1.807, 2.05) is 13.8 Å². The molecule has 0 unspecified atom stereocenters. The molecule has 2 aromatic carbocycles. The molecule has 1 amide bonds. The van der Waals surface area contributed by atoms with E-state index in [0.29, 0.717) is 17.1 Å². The zero-order valence-electron chi connectivity index (χ0n) is 19.7. The van der Waals surface area contributed by atoms with Crippen LogP contribution in [0.2, 0.25) is 0 Å². The zero-order chi connectivity index (χ0) is 25.2. The van der Waals surface area contributed by atoms with E-state index in [0.717, 1.165) is 0 Å². The summed E-state index contributed by atoms with van der Waals surface area (Å²) in [5.74, 6) is 0.715. The Kier molecular flexibility index (Phi) is 7.05. The summed E-state index contributed by atoms with van der Waals surface area (Å²) in [6, 6.07) is 10.6. The Labute approximate surface area is 203 Å². The van der Waals surface area contributed by atoms with Crippen molar-refractivity contribution in [3.05, 3.63) is 48.0 Å². The van der Waals surface area contributed by atoms with E-state index in [2.05, 4.69) is 15.5 Å². The number of methoxy groups -OCH3 is 2. The largest absolute Gasteiger partial charge is 0.497 e. The summed E-state index contributed by atoms with van der Waals surface area (Å²) in [5.41, 5.74) is 0.783. The molecule has 1 fully saturated rings. The standard InChI is InChI=1S/C23H26N4O7S/c1-14-12-27(13-15(2)33-14)35(29,30)20-7-5-16(6-8-20)21(28)24-23-26-25-22(34-23)17-9-18(31-3)11-19(10-17)32-4/h5-11,14-15H,12-13H2,1-4H3,(H,24,26,28)/t14-,15+. The SMILES string of the molecule is COc1cc(OC)cc(-c2nnc(NC(=O)c3ccc(S(=O)(=O)N4C[C@@H](C)O[C@@H](C)C4)cc3)o2)c1. The molecule has 2 heterocycles. The lowest BCUT2D eigenvalue weighted by atomic mass is 10.2. The molecule has 1 aliphatic rings. The quantitative estimate of drug-likeness (QED) is 0.518. The van der Waals surface area contributed by atoms with Gasteiger partial charge in [0.1, 0.15) is 11.5 Å². The molecule has 1 aromatic heterocycles. The fourth-order valence-electron chi connectivity index (χ4n) is 3.74. The molecule has 12 heteroatoms. The first kappa shape index (κ1) is 24.6. The summed E-state index contributed by atoms with van der Waals surface area (Å²) in [4.78, 5) is 12.8. The van der Waals surface area contributed by atoms with E-state index in [4.69, 9.17) is 18.6 Å². The Hall–Kier alpha value is -3.48. The molecule has 0 spiro atoms. The van der Waals surface area contributed by atoms with Crippen molar-refractivity contribution in [1.29, 1.82) is 0 Å². The van der Waals surface area contributed by atoms with Crippen LogP contribution in [0.1, 0.15) is 24.2 Å². The van der Waals surface area contributed by atoms with Crippen LogP contribution in [0.4, 0.5) is 6.01 Å². The maximum absolute atomic E-state index is 13.0. The first-order chi connectivity index (χ1) is 16.7. The van der Waals surface area contributed by atoms with E-state index in [1.54, 1.807) is 18.2 Å². The molecule has 1 N–H and O–H groups in total. The number of hydrogen-bond acceptors (Lipinski definition) is 9. The molecule has 0 bridgehead atoms. The molecule has 3 aromatic rings. The number of morpholine rings is 1. The average Bonchev–Trinajstić information content (AvgIpc) is 3.31. The van der Waals surface area contributed by atoms with E-state index in [-0.39, 0.29) is 47.7 Å². The molecular weight excluding hydrogens is 476 g/mol. The van der Waals surface area contributed by atoms with Crippen LogP contribution < -0.4 is 14.8 Å². The number of sulfonamides is 1. The maximum Gasteiger partial charge on any atom is 0.322 e. The van der Waals surface area contributed by atoms with Gasteiger partial charge >= 0.3 is 6.01 Å². The molecular formula is C23H26N4O7S. The highest BCUT2D eigenvalue weighted by molar-refractivity contribution is 7.89. The molecule has 1 saturated heterocycles. The van der Waals surface area contributed by atoms with Crippen LogP contribution >= 0.6 is 0 Å². The number of carbonyl (C=O) groups excluding carboxylic acids is 1. The predicted molar refractivity (Wildman–Crippen MR) is 126 cm³/mol. The smallest absolute Gasteiger partial charge is 0.322 e. The highest BCUT2D eigenvalue weighted by Gasteiger charge is 2.32. The summed E-state index contributed by atoms with van der Waals surface area (Å²) in [7, 11) is -0.659. The fraction of sp³-hybridized carbons (Fsp3) is 0.348. The van der Waals surface area contributed by atoms with Crippen molar-refractivity contribution in [3.8, 4) is 23.0 Å². The molecule has 1 aliphatic heterocycles. The van der Waals surface area contributed by atoms with Crippen molar-refractivity contribution < 1.29 is 31.8 Å². The van der Waals surface area contributed by atoms with Gasteiger partial charge in [0.05, 0.1) is 31.3 Å². The number of hydrogen-bond donors (Lipinski definition) is 1. The fourth-order valence-corrected chi connectivity index (χ4v) is 5.34. The zero-order valence-corrected chi connectivity index (χ0v) is 20.5. The number of benzene rings is 2. The topological polar surface area (TPSA) is 133 Å². The van der Waals surface area contributed by atoms with Crippen LogP contribution in [0.5, 0.6) is 11.5 Å². The molecule has 4 rings (SSSR count). The van der Waals surface area contributed by atoms with Crippen LogP contribution in [-0.2, 0) is 14.8 Å². The van der Waals surface area contributed by atoms with E-state index >= 15 is 0 Å². The molecule has 35 heavy (non-hydrogen) atoms. The van der Waals surface area contributed by atoms with Crippen molar-refractivity contribution in [3.63, 3.8) is 0 Å². The summed E-state index contributed by atoms with van der Waals surface area (Å²) in [6.45, 7) is 4.21. The molecule has 186 valence electrons. The van der Waals surface area contributed by atoms with Gasteiger partial charge in [-0.15, -0.1) is 5.10 Å². The Balaban J connectivity index is 1.47. The number of nitrogens with zero attached hydrogens (tertiary/aromatic N) is 3. The second-order valence-electron chi connectivity index (χ2n) is 8.07. The lowest BCUT2D eigenvalue weighted by molar-refractivity contribution is -0.0440. The number of aromatic nitrogens is 2. The van der Waals surface area contributed by atoms with Gasteiger partial charge in [0.2, 0.25) is 15.9 Å². The van der Waals surface area contributed by atoms with Gasteiger partial charge in [-0.2, -0.15) is 4.31 Å². The van der Waals surface area contributed by atoms with Gasteiger partial charge in [-0.05, 0) is 50.2 Å². The monoisotopic (exact) mass is 502 g/mol. The molecule has 0 aliphatic carbocycles. The first-order valence-corrected chi connectivity index (χ1v) is 12.3. The first-order valence-electron chi connectivity index (χ1n) is 10.8. The average molecular weight is 503 g/mol. The van der Waals surface area contributed by atoms with Gasteiger partial charge in [0.25, 0.3) is 5.91 Å². The Morgan fingerprint density at radius 2 is 1.60 bits per heavy atom. The van der Waals surface area contributed by atoms with Gasteiger partial charge < -0.3 is 18.6 Å².